The van der Waals surface area contributed by atoms with Crippen LogP contribution >= 0.6 is 11.8 Å². The third kappa shape index (κ3) is 3.22. The smallest absolute Gasteiger partial charge is 0.278 e. The largest absolute Gasteiger partial charge is 0.325 e. The van der Waals surface area contributed by atoms with Crippen LogP contribution in [0.1, 0.15) is 16.7 Å². The average Bonchev–Trinajstić information content (AvgIpc) is 2.64. The van der Waals surface area contributed by atoms with Crippen molar-refractivity contribution in [2.75, 3.05) is 11.6 Å². The maximum Gasteiger partial charge on any atom is 0.278 e. The zero-order valence-electron chi connectivity index (χ0n) is 14.8. The predicted octanol–water partition coefficient (Wildman–Crippen LogP) is 4.19. The van der Waals surface area contributed by atoms with Gasteiger partial charge in [0.25, 0.3) is 5.56 Å². The fraction of sp³-hybridized carbons (Fsp3) is 0.150. The van der Waals surface area contributed by atoms with E-state index in [1.807, 2.05) is 68.4 Å². The third-order valence-corrected chi connectivity index (χ3v) is 4.79. The molecule has 0 amide bonds. The second kappa shape index (κ2) is 7.46. The molecular weight excluding hydrogens is 344 g/mol. The zero-order chi connectivity index (χ0) is 18.7. The fourth-order valence-electron chi connectivity index (χ4n) is 2.70. The molecule has 0 saturated heterocycles. The van der Waals surface area contributed by atoms with E-state index in [4.69, 9.17) is 0 Å². The molecule has 1 N–H and O–H groups in total. The molecule has 5 nitrogen and oxygen atoms in total. The lowest BCUT2D eigenvalue weighted by Crippen LogP contribution is -2.26. The van der Waals surface area contributed by atoms with E-state index in [0.717, 1.165) is 16.8 Å². The number of aromatic nitrogens is 2. The zero-order valence-corrected chi connectivity index (χ0v) is 15.6. The summed E-state index contributed by atoms with van der Waals surface area (Å²) in [6.45, 7) is 3.91. The second-order valence-electron chi connectivity index (χ2n) is 5.80. The van der Waals surface area contributed by atoms with Crippen molar-refractivity contribution >= 4 is 23.4 Å². The summed E-state index contributed by atoms with van der Waals surface area (Å²) in [5.41, 5.74) is 3.19. The van der Waals surface area contributed by atoms with E-state index < -0.39 is 0 Å². The van der Waals surface area contributed by atoms with Gasteiger partial charge in [-0.3, -0.25) is 4.79 Å². The highest BCUT2D eigenvalue weighted by Crippen LogP contribution is 2.25. The molecule has 2 aromatic carbocycles. The number of nitrogens with one attached hydrogen (secondary N) is 1. The Kier molecular flexibility index (Phi) is 5.10. The number of aryl methyl sites for hydroxylation is 2. The Labute approximate surface area is 156 Å². The van der Waals surface area contributed by atoms with Crippen LogP contribution in [0.5, 0.6) is 0 Å². The summed E-state index contributed by atoms with van der Waals surface area (Å²) in [5.74, 6) is 0.391. The second-order valence-corrected chi connectivity index (χ2v) is 6.59. The minimum absolute atomic E-state index is 0.0519. The summed E-state index contributed by atoms with van der Waals surface area (Å²) < 4.78 is 1.47. The van der Waals surface area contributed by atoms with E-state index in [2.05, 4.69) is 10.3 Å². The summed E-state index contributed by atoms with van der Waals surface area (Å²) in [7, 11) is 0. The van der Waals surface area contributed by atoms with Gasteiger partial charge in [-0.15, -0.1) is 11.8 Å². The quantitative estimate of drug-likeness (QED) is 0.557. The number of nitriles is 1. The Bertz CT molecular complexity index is 1070. The summed E-state index contributed by atoms with van der Waals surface area (Å²) in [6, 6.07) is 17.3. The van der Waals surface area contributed by atoms with Gasteiger partial charge in [0.15, 0.2) is 0 Å². The van der Waals surface area contributed by atoms with E-state index in [1.54, 1.807) is 6.26 Å². The van der Waals surface area contributed by atoms with Crippen molar-refractivity contribution in [3.05, 3.63) is 75.6 Å². The third-order valence-electron chi connectivity index (χ3n) is 4.10. The summed E-state index contributed by atoms with van der Waals surface area (Å²) in [4.78, 5) is 17.6. The Morgan fingerprint density at radius 2 is 1.73 bits per heavy atom. The van der Waals surface area contributed by atoms with Gasteiger partial charge in [0, 0.05) is 5.69 Å². The van der Waals surface area contributed by atoms with E-state index in [-0.39, 0.29) is 11.1 Å². The molecule has 130 valence electrons. The molecule has 6 heteroatoms. The highest BCUT2D eigenvalue weighted by atomic mass is 32.2. The Hall–Kier alpha value is -3.04. The van der Waals surface area contributed by atoms with Crippen LogP contribution in [-0.4, -0.2) is 15.8 Å². The van der Waals surface area contributed by atoms with Crippen LogP contribution < -0.4 is 10.9 Å². The number of rotatable bonds is 4. The lowest BCUT2D eigenvalue weighted by atomic mass is 10.2. The molecule has 0 aliphatic heterocycles. The summed E-state index contributed by atoms with van der Waals surface area (Å²) >= 11 is 1.28. The van der Waals surface area contributed by atoms with Crippen LogP contribution in [0.25, 0.3) is 5.69 Å². The lowest BCUT2D eigenvalue weighted by molar-refractivity contribution is 0.887. The topological polar surface area (TPSA) is 70.7 Å². The highest BCUT2D eigenvalue weighted by Gasteiger charge is 2.19. The van der Waals surface area contributed by atoms with Gasteiger partial charge in [-0.2, -0.15) is 5.26 Å². The van der Waals surface area contributed by atoms with Crippen LogP contribution in [0.2, 0.25) is 0 Å². The maximum absolute atomic E-state index is 13.1. The molecule has 0 spiro atoms. The van der Waals surface area contributed by atoms with Crippen molar-refractivity contribution in [2.45, 2.75) is 18.9 Å². The molecule has 1 aromatic heterocycles. The minimum Gasteiger partial charge on any atom is -0.325 e. The normalized spacial score (nSPS) is 10.4. The molecule has 26 heavy (non-hydrogen) atoms. The van der Waals surface area contributed by atoms with Gasteiger partial charge < -0.3 is 5.32 Å². The van der Waals surface area contributed by atoms with Crippen LogP contribution in [0.3, 0.4) is 0 Å². The van der Waals surface area contributed by atoms with Gasteiger partial charge in [0.1, 0.15) is 16.7 Å². The number of hydrogen-bond donors (Lipinski definition) is 1. The van der Waals surface area contributed by atoms with E-state index >= 15 is 0 Å². The molecule has 0 aliphatic rings. The number of anilines is 2. The Morgan fingerprint density at radius 1 is 1.08 bits per heavy atom. The summed E-state index contributed by atoms with van der Waals surface area (Å²) in [6.07, 6.45) is 1.80. The number of thioether (sulfide) groups is 1. The van der Waals surface area contributed by atoms with Crippen molar-refractivity contribution in [3.63, 3.8) is 0 Å². The predicted molar refractivity (Wildman–Crippen MR) is 106 cm³/mol. The van der Waals surface area contributed by atoms with Gasteiger partial charge in [-0.25, -0.2) is 9.55 Å². The first-order valence-corrected chi connectivity index (χ1v) is 9.29. The molecule has 0 unspecified atom stereocenters. The van der Waals surface area contributed by atoms with Crippen molar-refractivity contribution in [1.29, 1.82) is 5.26 Å². The van der Waals surface area contributed by atoms with Crippen molar-refractivity contribution in [2.24, 2.45) is 0 Å². The summed E-state index contributed by atoms with van der Waals surface area (Å²) in [5, 5.41) is 13.1. The Morgan fingerprint density at radius 3 is 2.35 bits per heavy atom. The van der Waals surface area contributed by atoms with Crippen LogP contribution in [-0.2, 0) is 0 Å². The standard InChI is InChI=1S/C20H18N4OS/c1-13-8-4-6-10-16(13)22-20-23-18(26-3)15(12-21)19(25)24(20)17-11-7-5-9-14(17)2/h4-11H,1-3H3,(H,22,23). The molecule has 0 bridgehead atoms. The molecule has 3 rings (SSSR count). The van der Waals surface area contributed by atoms with Crippen LogP contribution in [0.15, 0.2) is 58.4 Å². The van der Waals surface area contributed by atoms with Gasteiger partial charge in [0.05, 0.1) is 5.69 Å². The average molecular weight is 362 g/mol. The monoisotopic (exact) mass is 362 g/mol. The van der Waals surface area contributed by atoms with E-state index in [1.165, 1.54) is 16.3 Å². The Balaban J connectivity index is 2.31. The van der Waals surface area contributed by atoms with Crippen LogP contribution in [0, 0.1) is 25.2 Å². The van der Waals surface area contributed by atoms with Gasteiger partial charge in [-0.05, 0) is 43.4 Å². The molecular formula is C20H18N4OS. The highest BCUT2D eigenvalue weighted by molar-refractivity contribution is 7.98. The van der Waals surface area contributed by atoms with Gasteiger partial charge >= 0.3 is 0 Å². The first-order valence-electron chi connectivity index (χ1n) is 8.06. The number of benzene rings is 2. The first kappa shape index (κ1) is 17.8. The first-order chi connectivity index (χ1) is 12.6. The lowest BCUT2D eigenvalue weighted by Gasteiger charge is -2.18. The van der Waals surface area contributed by atoms with Gasteiger partial charge in [-0.1, -0.05) is 36.4 Å². The molecule has 0 saturated carbocycles. The van der Waals surface area contributed by atoms with Gasteiger partial charge in [0.2, 0.25) is 5.95 Å². The molecule has 0 aliphatic carbocycles. The molecule has 1 heterocycles. The molecule has 0 radical (unpaired) electrons. The molecule has 0 atom stereocenters. The number of nitrogens with zero attached hydrogens (tertiary/aromatic N) is 3. The van der Waals surface area contributed by atoms with Crippen molar-refractivity contribution in [3.8, 4) is 11.8 Å². The maximum atomic E-state index is 13.1. The van der Waals surface area contributed by atoms with E-state index in [0.29, 0.717) is 16.7 Å². The van der Waals surface area contributed by atoms with E-state index in [9.17, 15) is 10.1 Å². The van der Waals surface area contributed by atoms with Crippen LogP contribution in [0.4, 0.5) is 11.6 Å². The molecule has 0 fully saturated rings. The molecule has 3 aromatic rings. The SMILES string of the molecule is CSc1nc(Nc2ccccc2C)n(-c2ccccc2C)c(=O)c1C#N. The fourth-order valence-corrected chi connectivity index (χ4v) is 3.21. The van der Waals surface area contributed by atoms with Crippen molar-refractivity contribution in [1.82, 2.24) is 9.55 Å². The minimum atomic E-state index is -0.378. The number of hydrogen-bond acceptors (Lipinski definition) is 5. The van der Waals surface area contributed by atoms with Crippen molar-refractivity contribution < 1.29 is 0 Å². The number of para-hydroxylation sites is 2.